The van der Waals surface area contributed by atoms with Crippen molar-refractivity contribution in [3.8, 4) is 11.4 Å². The summed E-state index contributed by atoms with van der Waals surface area (Å²) in [5.41, 5.74) is 9.10. The molecule has 2 aromatic heterocycles. The molecule has 25 heavy (non-hydrogen) atoms. The number of nitrogens with one attached hydrogen (secondary N) is 1. The predicted molar refractivity (Wildman–Crippen MR) is 96.9 cm³/mol. The number of rotatable bonds is 6. The Morgan fingerprint density at radius 1 is 1.20 bits per heavy atom. The number of benzene rings is 1. The highest BCUT2D eigenvalue weighted by Gasteiger charge is 2.14. The first kappa shape index (κ1) is 16.9. The van der Waals surface area contributed by atoms with Gasteiger partial charge in [-0.3, -0.25) is 14.5 Å². The number of aryl methyl sites for hydroxylation is 1. The zero-order valence-electron chi connectivity index (χ0n) is 14.1. The minimum atomic E-state index is -0.155. The molecule has 3 rings (SSSR count). The molecule has 0 radical (unpaired) electrons. The second-order valence-corrected chi connectivity index (χ2v) is 5.87. The third-order valence-electron chi connectivity index (χ3n) is 4.05. The van der Waals surface area contributed by atoms with Crippen molar-refractivity contribution in [2.75, 3.05) is 6.54 Å². The summed E-state index contributed by atoms with van der Waals surface area (Å²) in [5, 5.41) is 7.14. The Morgan fingerprint density at radius 3 is 2.68 bits per heavy atom. The average molecular weight is 335 g/mol. The maximum absolute atomic E-state index is 12.6. The summed E-state index contributed by atoms with van der Waals surface area (Å²) in [5.74, 6) is -0.155. The number of amides is 1. The Balaban J connectivity index is 1.73. The van der Waals surface area contributed by atoms with Crippen LogP contribution in [0.2, 0.25) is 0 Å². The number of nitrogens with two attached hydrogens (primary N) is 1. The van der Waals surface area contributed by atoms with Crippen molar-refractivity contribution in [2.45, 2.75) is 12.5 Å². The van der Waals surface area contributed by atoms with Crippen LogP contribution in [-0.4, -0.2) is 33.3 Å². The molecule has 0 spiro atoms. The maximum Gasteiger partial charge on any atom is 0.251 e. The van der Waals surface area contributed by atoms with Crippen molar-refractivity contribution in [3.63, 3.8) is 0 Å². The minimum Gasteiger partial charge on any atom is -0.348 e. The topological polar surface area (TPSA) is 85.8 Å². The number of carbonyl (C=O) groups is 1. The van der Waals surface area contributed by atoms with Gasteiger partial charge in [-0.2, -0.15) is 5.10 Å². The second-order valence-electron chi connectivity index (χ2n) is 5.87. The van der Waals surface area contributed by atoms with Gasteiger partial charge >= 0.3 is 0 Å². The molecule has 6 heteroatoms. The maximum atomic E-state index is 12.6. The van der Waals surface area contributed by atoms with E-state index in [4.69, 9.17) is 5.73 Å². The van der Waals surface area contributed by atoms with Crippen molar-refractivity contribution >= 4 is 5.91 Å². The summed E-state index contributed by atoms with van der Waals surface area (Å²) >= 11 is 0. The summed E-state index contributed by atoms with van der Waals surface area (Å²) in [4.78, 5) is 16.9. The first-order chi connectivity index (χ1) is 12.2. The van der Waals surface area contributed by atoms with E-state index in [1.54, 1.807) is 29.2 Å². The van der Waals surface area contributed by atoms with Gasteiger partial charge in [-0.25, -0.2) is 0 Å². The molecule has 3 aromatic rings. The number of pyridine rings is 1. The van der Waals surface area contributed by atoms with E-state index < -0.39 is 0 Å². The summed E-state index contributed by atoms with van der Waals surface area (Å²) < 4.78 is 1.72. The van der Waals surface area contributed by atoms with E-state index in [-0.39, 0.29) is 11.9 Å². The van der Waals surface area contributed by atoms with Gasteiger partial charge in [0.25, 0.3) is 5.91 Å². The molecular formula is C19H21N5O. The van der Waals surface area contributed by atoms with Gasteiger partial charge < -0.3 is 11.1 Å². The lowest BCUT2D eigenvalue weighted by molar-refractivity contribution is 0.0938. The lowest BCUT2D eigenvalue weighted by atomic mass is 10.1. The van der Waals surface area contributed by atoms with Gasteiger partial charge in [-0.15, -0.1) is 0 Å². The van der Waals surface area contributed by atoms with Crippen molar-refractivity contribution in [1.82, 2.24) is 20.1 Å². The third kappa shape index (κ3) is 4.10. The number of carbonyl (C=O) groups excluding carboxylic acids is 1. The van der Waals surface area contributed by atoms with E-state index in [0.717, 1.165) is 11.3 Å². The van der Waals surface area contributed by atoms with Crippen LogP contribution < -0.4 is 11.1 Å². The van der Waals surface area contributed by atoms with E-state index in [1.807, 2.05) is 43.4 Å². The fourth-order valence-corrected chi connectivity index (χ4v) is 2.70. The van der Waals surface area contributed by atoms with Crippen LogP contribution in [0.3, 0.4) is 0 Å². The van der Waals surface area contributed by atoms with Gasteiger partial charge in [-0.1, -0.05) is 30.3 Å². The predicted octanol–water partition coefficient (Wildman–Crippen LogP) is 1.78. The molecule has 128 valence electrons. The summed E-state index contributed by atoms with van der Waals surface area (Å²) in [6, 6.07) is 15.2. The summed E-state index contributed by atoms with van der Waals surface area (Å²) in [6.45, 7) is 0.375. The van der Waals surface area contributed by atoms with Gasteiger partial charge in [0.05, 0.1) is 11.4 Å². The van der Waals surface area contributed by atoms with Gasteiger partial charge in [0, 0.05) is 37.6 Å². The van der Waals surface area contributed by atoms with Crippen LogP contribution in [0.25, 0.3) is 11.4 Å². The second kappa shape index (κ2) is 7.72. The Morgan fingerprint density at radius 2 is 2.00 bits per heavy atom. The van der Waals surface area contributed by atoms with Gasteiger partial charge in [0.2, 0.25) is 0 Å². The Labute approximate surface area is 146 Å². The SMILES string of the molecule is Cn1nccc1-c1cc(C(=O)NC(CN)Cc2ccccc2)ccn1. The van der Waals surface area contributed by atoms with E-state index in [1.165, 1.54) is 0 Å². The fourth-order valence-electron chi connectivity index (χ4n) is 2.70. The van der Waals surface area contributed by atoms with E-state index in [2.05, 4.69) is 15.4 Å². The molecule has 1 amide bonds. The Kier molecular flexibility index (Phi) is 5.20. The van der Waals surface area contributed by atoms with Crippen molar-refractivity contribution in [2.24, 2.45) is 12.8 Å². The third-order valence-corrected chi connectivity index (χ3v) is 4.05. The van der Waals surface area contributed by atoms with Crippen LogP contribution in [0, 0.1) is 0 Å². The van der Waals surface area contributed by atoms with Crippen molar-refractivity contribution < 1.29 is 4.79 Å². The molecule has 0 saturated heterocycles. The summed E-state index contributed by atoms with van der Waals surface area (Å²) in [6.07, 6.45) is 4.03. The lowest BCUT2D eigenvalue weighted by Gasteiger charge is -2.17. The highest BCUT2D eigenvalue weighted by atomic mass is 16.1. The first-order valence-electron chi connectivity index (χ1n) is 8.16. The first-order valence-corrected chi connectivity index (χ1v) is 8.16. The Bertz CT molecular complexity index is 844. The monoisotopic (exact) mass is 335 g/mol. The van der Waals surface area contributed by atoms with Gasteiger partial charge in [-0.05, 0) is 30.2 Å². The average Bonchev–Trinajstić information content (AvgIpc) is 3.08. The number of hydrogen-bond acceptors (Lipinski definition) is 4. The fraction of sp³-hybridized carbons (Fsp3) is 0.211. The molecule has 1 atom stereocenters. The number of aromatic nitrogens is 3. The molecule has 1 aromatic carbocycles. The van der Waals surface area contributed by atoms with Crippen LogP contribution in [0.15, 0.2) is 60.9 Å². The van der Waals surface area contributed by atoms with Crippen LogP contribution in [-0.2, 0) is 13.5 Å². The molecule has 0 fully saturated rings. The van der Waals surface area contributed by atoms with Crippen LogP contribution in [0.1, 0.15) is 15.9 Å². The summed E-state index contributed by atoms with van der Waals surface area (Å²) in [7, 11) is 1.84. The van der Waals surface area contributed by atoms with Gasteiger partial charge in [0.15, 0.2) is 0 Å². The smallest absolute Gasteiger partial charge is 0.251 e. The molecule has 2 heterocycles. The number of hydrogen-bond donors (Lipinski definition) is 2. The normalized spacial score (nSPS) is 11.9. The molecule has 6 nitrogen and oxygen atoms in total. The highest BCUT2D eigenvalue weighted by molar-refractivity contribution is 5.95. The molecule has 0 aliphatic heterocycles. The van der Waals surface area contributed by atoms with E-state index >= 15 is 0 Å². The number of nitrogens with zero attached hydrogens (tertiary/aromatic N) is 3. The zero-order chi connectivity index (χ0) is 17.6. The van der Waals surface area contributed by atoms with Crippen LogP contribution in [0.5, 0.6) is 0 Å². The van der Waals surface area contributed by atoms with E-state index in [9.17, 15) is 4.79 Å². The largest absolute Gasteiger partial charge is 0.348 e. The Hall–Kier alpha value is -2.99. The molecule has 1 unspecified atom stereocenters. The zero-order valence-corrected chi connectivity index (χ0v) is 14.1. The van der Waals surface area contributed by atoms with Crippen LogP contribution in [0.4, 0.5) is 0 Å². The minimum absolute atomic E-state index is 0.122. The van der Waals surface area contributed by atoms with Gasteiger partial charge in [0.1, 0.15) is 0 Å². The molecule has 0 saturated carbocycles. The molecule has 0 aliphatic carbocycles. The highest BCUT2D eigenvalue weighted by Crippen LogP contribution is 2.16. The quantitative estimate of drug-likeness (QED) is 0.719. The molecule has 0 aliphatic rings. The van der Waals surface area contributed by atoms with Crippen LogP contribution >= 0.6 is 0 Å². The molecule has 0 bridgehead atoms. The molecule has 3 N–H and O–H groups in total. The molecular weight excluding hydrogens is 314 g/mol. The van der Waals surface area contributed by atoms with Crippen molar-refractivity contribution in [1.29, 1.82) is 0 Å². The van der Waals surface area contributed by atoms with E-state index in [0.29, 0.717) is 24.2 Å². The van der Waals surface area contributed by atoms with Crippen molar-refractivity contribution in [3.05, 3.63) is 72.1 Å². The lowest BCUT2D eigenvalue weighted by Crippen LogP contribution is -2.41. The standard InChI is InChI=1S/C19H21N5O/c1-24-18(8-10-22-24)17-12-15(7-9-21-17)19(25)23-16(13-20)11-14-5-3-2-4-6-14/h2-10,12,16H,11,13,20H2,1H3,(H,23,25).